The predicted octanol–water partition coefficient (Wildman–Crippen LogP) is 2.85. The molecule has 0 spiro atoms. The highest BCUT2D eigenvalue weighted by Gasteiger charge is 2.24. The first-order valence-electron chi connectivity index (χ1n) is 6.83. The highest BCUT2D eigenvalue weighted by atomic mass is 16.5. The molecule has 1 aliphatic rings. The Morgan fingerprint density at radius 3 is 3.05 bits per heavy atom. The third-order valence-electron chi connectivity index (χ3n) is 3.24. The quantitative estimate of drug-likeness (QED) is 0.866. The van der Waals surface area contributed by atoms with E-state index in [-0.39, 0.29) is 5.91 Å². The van der Waals surface area contributed by atoms with Gasteiger partial charge in [0.25, 0.3) is 5.91 Å². The largest absolute Gasteiger partial charge is 0.493 e. The second kappa shape index (κ2) is 4.96. The van der Waals surface area contributed by atoms with Crippen LogP contribution in [0.15, 0.2) is 24.3 Å². The maximum Gasteiger partial charge on any atom is 0.267 e. The molecule has 1 fully saturated rings. The number of H-pyrrole nitrogens is 1. The van der Waals surface area contributed by atoms with E-state index in [1.165, 1.54) is 0 Å². The molecule has 1 amide bonds. The van der Waals surface area contributed by atoms with Crippen molar-refractivity contribution in [3.05, 3.63) is 30.0 Å². The molecule has 0 atom stereocenters. The fourth-order valence-electron chi connectivity index (χ4n) is 2.08. The Kier molecular flexibility index (Phi) is 3.15. The summed E-state index contributed by atoms with van der Waals surface area (Å²) in [5, 5.41) is 3.95. The van der Waals surface area contributed by atoms with Crippen molar-refractivity contribution >= 4 is 16.8 Å². The van der Waals surface area contributed by atoms with Crippen LogP contribution in [-0.2, 0) is 0 Å². The summed E-state index contributed by atoms with van der Waals surface area (Å²) in [5.74, 6) is 0.807. The third-order valence-corrected chi connectivity index (χ3v) is 3.24. The molecule has 19 heavy (non-hydrogen) atoms. The van der Waals surface area contributed by atoms with E-state index in [4.69, 9.17) is 4.74 Å². The van der Waals surface area contributed by atoms with Crippen LogP contribution in [0.4, 0.5) is 0 Å². The monoisotopic (exact) mass is 258 g/mol. The maximum atomic E-state index is 12.0. The lowest BCUT2D eigenvalue weighted by Gasteiger charge is -2.04. The van der Waals surface area contributed by atoms with E-state index < -0.39 is 0 Å². The molecule has 1 aliphatic carbocycles. The summed E-state index contributed by atoms with van der Waals surface area (Å²) >= 11 is 0. The molecule has 1 heterocycles. The molecule has 1 saturated carbocycles. The maximum absolute atomic E-state index is 12.0. The number of benzene rings is 1. The predicted molar refractivity (Wildman–Crippen MR) is 74.6 cm³/mol. The second-order valence-corrected chi connectivity index (χ2v) is 5.00. The van der Waals surface area contributed by atoms with E-state index >= 15 is 0 Å². The van der Waals surface area contributed by atoms with E-state index in [1.807, 2.05) is 24.3 Å². The van der Waals surface area contributed by atoms with Crippen LogP contribution >= 0.6 is 0 Å². The summed E-state index contributed by atoms with van der Waals surface area (Å²) in [6.45, 7) is 2.76. The molecule has 0 bridgehead atoms. The number of fused-ring (bicyclic) bond motifs is 1. The van der Waals surface area contributed by atoms with Crippen LogP contribution in [0, 0.1) is 0 Å². The lowest BCUT2D eigenvalue weighted by molar-refractivity contribution is 0.0947. The number of carbonyl (C=O) groups is 1. The fourth-order valence-corrected chi connectivity index (χ4v) is 2.08. The smallest absolute Gasteiger partial charge is 0.267 e. The minimum atomic E-state index is -0.0276. The molecular weight excluding hydrogens is 240 g/mol. The van der Waals surface area contributed by atoms with Crippen LogP contribution in [0.5, 0.6) is 5.75 Å². The van der Waals surface area contributed by atoms with E-state index in [1.54, 1.807) is 0 Å². The van der Waals surface area contributed by atoms with Gasteiger partial charge in [-0.1, -0.05) is 13.0 Å². The first-order valence-corrected chi connectivity index (χ1v) is 6.83. The minimum Gasteiger partial charge on any atom is -0.493 e. The van der Waals surface area contributed by atoms with Gasteiger partial charge >= 0.3 is 0 Å². The van der Waals surface area contributed by atoms with Crippen molar-refractivity contribution in [3.8, 4) is 5.75 Å². The molecule has 1 aromatic heterocycles. The van der Waals surface area contributed by atoms with Gasteiger partial charge in [0.2, 0.25) is 0 Å². The molecule has 1 aromatic carbocycles. The number of aromatic amines is 1. The Morgan fingerprint density at radius 2 is 2.32 bits per heavy atom. The molecule has 0 saturated heterocycles. The normalized spacial score (nSPS) is 14.6. The summed E-state index contributed by atoms with van der Waals surface area (Å²) in [6, 6.07) is 8.08. The van der Waals surface area contributed by atoms with Crippen molar-refractivity contribution in [2.45, 2.75) is 32.2 Å². The summed E-state index contributed by atoms with van der Waals surface area (Å²) in [4.78, 5) is 15.2. The van der Waals surface area contributed by atoms with Crippen LogP contribution in [0.3, 0.4) is 0 Å². The molecule has 4 nitrogen and oxygen atoms in total. The molecule has 0 radical (unpaired) electrons. The fraction of sp³-hybridized carbons (Fsp3) is 0.400. The highest BCUT2D eigenvalue weighted by Crippen LogP contribution is 2.27. The van der Waals surface area contributed by atoms with E-state index in [9.17, 15) is 4.79 Å². The molecule has 2 N–H and O–H groups in total. The lowest BCUT2D eigenvalue weighted by Crippen LogP contribution is -2.25. The molecule has 0 unspecified atom stereocenters. The Morgan fingerprint density at radius 1 is 1.47 bits per heavy atom. The van der Waals surface area contributed by atoms with Crippen LogP contribution in [0.25, 0.3) is 10.9 Å². The summed E-state index contributed by atoms with van der Waals surface area (Å²) < 4.78 is 5.70. The first-order chi connectivity index (χ1) is 9.28. The van der Waals surface area contributed by atoms with Crippen LogP contribution in [-0.4, -0.2) is 23.5 Å². The Labute approximate surface area is 112 Å². The zero-order valence-corrected chi connectivity index (χ0v) is 11.0. The molecule has 4 heteroatoms. The standard InChI is InChI=1S/C15H18N2O2/c1-2-8-19-14-5-3-4-12-11(14)9-13(17-12)15(18)16-10-6-7-10/h3-5,9-10,17H,2,6-8H2,1H3,(H,16,18). The van der Waals surface area contributed by atoms with Gasteiger partial charge in [0.15, 0.2) is 0 Å². The van der Waals surface area contributed by atoms with Gasteiger partial charge in [-0.3, -0.25) is 4.79 Å². The zero-order chi connectivity index (χ0) is 13.2. The Bertz CT molecular complexity index is 599. The van der Waals surface area contributed by atoms with E-state index in [0.717, 1.165) is 35.9 Å². The highest BCUT2D eigenvalue weighted by molar-refractivity contribution is 5.99. The summed E-state index contributed by atoms with van der Waals surface area (Å²) in [6.07, 6.45) is 3.16. The topological polar surface area (TPSA) is 54.1 Å². The van der Waals surface area contributed by atoms with Crippen molar-refractivity contribution in [1.82, 2.24) is 10.3 Å². The number of hydrogen-bond donors (Lipinski definition) is 2. The number of nitrogens with one attached hydrogen (secondary N) is 2. The summed E-state index contributed by atoms with van der Waals surface area (Å²) in [5.41, 5.74) is 1.55. The van der Waals surface area contributed by atoms with Gasteiger partial charge in [-0.2, -0.15) is 0 Å². The number of aromatic nitrogens is 1. The van der Waals surface area contributed by atoms with Crippen molar-refractivity contribution in [2.75, 3.05) is 6.61 Å². The van der Waals surface area contributed by atoms with Gasteiger partial charge < -0.3 is 15.0 Å². The molecular formula is C15H18N2O2. The average molecular weight is 258 g/mol. The van der Waals surface area contributed by atoms with Gasteiger partial charge in [0.1, 0.15) is 11.4 Å². The molecule has 3 rings (SSSR count). The van der Waals surface area contributed by atoms with Crippen LogP contribution in [0.2, 0.25) is 0 Å². The number of amides is 1. The van der Waals surface area contributed by atoms with Crippen molar-refractivity contribution in [1.29, 1.82) is 0 Å². The number of hydrogen-bond acceptors (Lipinski definition) is 2. The SMILES string of the molecule is CCCOc1cccc2[nH]c(C(=O)NC3CC3)cc12. The number of rotatable bonds is 5. The first kappa shape index (κ1) is 12.1. The number of ether oxygens (including phenoxy) is 1. The molecule has 0 aliphatic heterocycles. The van der Waals surface area contributed by atoms with Crippen LogP contribution < -0.4 is 10.1 Å². The zero-order valence-electron chi connectivity index (χ0n) is 11.0. The van der Waals surface area contributed by atoms with Crippen LogP contribution in [0.1, 0.15) is 36.7 Å². The van der Waals surface area contributed by atoms with Gasteiger partial charge in [-0.05, 0) is 37.5 Å². The minimum absolute atomic E-state index is 0.0276. The second-order valence-electron chi connectivity index (χ2n) is 5.00. The average Bonchev–Trinajstić information content (AvgIpc) is 3.11. The Balaban J connectivity index is 1.88. The molecule has 100 valence electrons. The van der Waals surface area contributed by atoms with Crippen molar-refractivity contribution in [2.24, 2.45) is 0 Å². The Hall–Kier alpha value is -1.97. The van der Waals surface area contributed by atoms with E-state index in [0.29, 0.717) is 18.3 Å². The summed E-state index contributed by atoms with van der Waals surface area (Å²) in [7, 11) is 0. The van der Waals surface area contributed by atoms with Crippen molar-refractivity contribution < 1.29 is 9.53 Å². The van der Waals surface area contributed by atoms with Gasteiger partial charge in [-0.25, -0.2) is 0 Å². The van der Waals surface area contributed by atoms with E-state index in [2.05, 4.69) is 17.2 Å². The van der Waals surface area contributed by atoms with Gasteiger partial charge in [-0.15, -0.1) is 0 Å². The van der Waals surface area contributed by atoms with Crippen molar-refractivity contribution in [3.63, 3.8) is 0 Å². The number of carbonyl (C=O) groups excluding carboxylic acids is 1. The molecule has 2 aromatic rings. The van der Waals surface area contributed by atoms with Gasteiger partial charge in [0, 0.05) is 16.9 Å². The third kappa shape index (κ3) is 2.57. The van der Waals surface area contributed by atoms with Gasteiger partial charge in [0.05, 0.1) is 6.61 Å². The lowest BCUT2D eigenvalue weighted by atomic mass is 10.2.